The molecule has 2 aliphatic carbocycles. The number of anilines is 2. The molecule has 1 aliphatic heterocycles. The first-order valence-corrected chi connectivity index (χ1v) is 10.2. The Morgan fingerprint density at radius 1 is 1.07 bits per heavy atom. The molecule has 3 aliphatic rings. The fourth-order valence-electron chi connectivity index (χ4n) is 6.51. The van der Waals surface area contributed by atoms with E-state index >= 15 is 0 Å². The minimum atomic E-state index is 0.288. The number of nitrogens with one attached hydrogen (secondary N) is 2. The standard InChI is InChI=1S/C22H21N5O/c23-22-13-8-12(3-6-17(13)28-27-22)21-19-11-2-1-10(7-11)18(19)20-14-9-24-26-15(14)4-5-16(20)25-21/h3-6,8-11,18-19,21,25H,1-2,7H2,(H2,23,27)(H,24,26)/t10-,11?,18+,19-,21+/m1/s1. The Balaban J connectivity index is 1.44. The minimum Gasteiger partial charge on any atom is -0.380 e. The zero-order valence-corrected chi connectivity index (χ0v) is 15.4. The Labute approximate surface area is 161 Å². The van der Waals surface area contributed by atoms with E-state index in [0.717, 1.165) is 28.3 Å². The zero-order valence-electron chi connectivity index (χ0n) is 15.4. The minimum absolute atomic E-state index is 0.288. The van der Waals surface area contributed by atoms with Gasteiger partial charge in [-0.3, -0.25) is 5.10 Å². The van der Waals surface area contributed by atoms with Gasteiger partial charge in [0.25, 0.3) is 0 Å². The van der Waals surface area contributed by atoms with E-state index in [1.807, 2.05) is 12.3 Å². The number of nitrogen functional groups attached to an aromatic ring is 1. The first kappa shape index (κ1) is 15.0. The van der Waals surface area contributed by atoms with Crippen molar-refractivity contribution in [3.63, 3.8) is 0 Å². The normalized spacial score (nSPS) is 30.5. The first-order valence-electron chi connectivity index (χ1n) is 10.2. The second kappa shape index (κ2) is 5.07. The van der Waals surface area contributed by atoms with Crippen LogP contribution in [0.1, 0.15) is 42.3 Å². The number of nitrogens with two attached hydrogens (primary N) is 1. The molecule has 6 heteroatoms. The number of hydrogen-bond donors (Lipinski definition) is 3. The summed E-state index contributed by atoms with van der Waals surface area (Å²) in [5.74, 6) is 3.22. The maximum absolute atomic E-state index is 6.03. The van der Waals surface area contributed by atoms with Gasteiger partial charge in [-0.25, -0.2) is 0 Å². The molecule has 2 aromatic carbocycles. The Bertz CT molecular complexity index is 1240. The van der Waals surface area contributed by atoms with Gasteiger partial charge in [-0.15, -0.1) is 0 Å². The highest BCUT2D eigenvalue weighted by atomic mass is 16.5. The van der Waals surface area contributed by atoms with Gasteiger partial charge in [0.1, 0.15) is 0 Å². The number of aromatic amines is 1. The van der Waals surface area contributed by atoms with Crippen LogP contribution in [0.15, 0.2) is 41.1 Å². The van der Waals surface area contributed by atoms with Gasteiger partial charge >= 0.3 is 0 Å². The smallest absolute Gasteiger partial charge is 0.174 e. The summed E-state index contributed by atoms with van der Waals surface area (Å²) < 4.78 is 5.32. The molecule has 5 atom stereocenters. The van der Waals surface area contributed by atoms with Crippen molar-refractivity contribution in [2.45, 2.75) is 31.2 Å². The van der Waals surface area contributed by atoms with E-state index in [-0.39, 0.29) is 6.04 Å². The molecule has 28 heavy (non-hydrogen) atoms. The fourth-order valence-corrected chi connectivity index (χ4v) is 6.51. The van der Waals surface area contributed by atoms with Gasteiger partial charge in [-0.1, -0.05) is 11.2 Å². The molecule has 0 saturated heterocycles. The highest BCUT2D eigenvalue weighted by molar-refractivity contribution is 5.90. The summed E-state index contributed by atoms with van der Waals surface area (Å²) in [7, 11) is 0. The van der Waals surface area contributed by atoms with E-state index in [1.165, 1.54) is 41.5 Å². The monoisotopic (exact) mass is 371 g/mol. The van der Waals surface area contributed by atoms with Crippen molar-refractivity contribution in [2.24, 2.45) is 17.8 Å². The number of nitrogens with zero attached hydrogens (tertiary/aromatic N) is 2. The number of hydrogen-bond acceptors (Lipinski definition) is 5. The lowest BCUT2D eigenvalue weighted by Gasteiger charge is -2.43. The first-order chi connectivity index (χ1) is 13.8. The Kier molecular flexibility index (Phi) is 2.71. The number of rotatable bonds is 1. The van der Waals surface area contributed by atoms with Crippen LogP contribution in [0.5, 0.6) is 0 Å². The predicted octanol–water partition coefficient (Wildman–Crippen LogP) is 4.58. The summed E-state index contributed by atoms with van der Waals surface area (Å²) in [5, 5.41) is 17.5. The summed E-state index contributed by atoms with van der Waals surface area (Å²) >= 11 is 0. The van der Waals surface area contributed by atoms with Crippen LogP contribution < -0.4 is 11.1 Å². The molecule has 140 valence electrons. The van der Waals surface area contributed by atoms with Gasteiger partial charge in [-0.2, -0.15) is 5.10 Å². The molecule has 1 unspecified atom stereocenters. The second-order valence-electron chi connectivity index (χ2n) is 8.74. The lowest BCUT2D eigenvalue weighted by atomic mass is 9.67. The highest BCUT2D eigenvalue weighted by Gasteiger charge is 2.54. The van der Waals surface area contributed by atoms with Gasteiger partial charge in [0.15, 0.2) is 11.4 Å². The van der Waals surface area contributed by atoms with Gasteiger partial charge in [-0.05, 0) is 78.3 Å². The molecule has 0 spiro atoms. The van der Waals surface area contributed by atoms with Crippen LogP contribution in [-0.2, 0) is 0 Å². The Morgan fingerprint density at radius 3 is 2.96 bits per heavy atom. The van der Waals surface area contributed by atoms with E-state index in [0.29, 0.717) is 17.7 Å². The van der Waals surface area contributed by atoms with Crippen LogP contribution in [0.3, 0.4) is 0 Å². The fraction of sp³-hybridized carbons (Fsp3) is 0.364. The molecule has 4 aromatic rings. The maximum Gasteiger partial charge on any atom is 0.174 e. The van der Waals surface area contributed by atoms with Crippen LogP contribution in [0.25, 0.3) is 21.9 Å². The summed E-state index contributed by atoms with van der Waals surface area (Å²) in [6.45, 7) is 0. The van der Waals surface area contributed by atoms with E-state index < -0.39 is 0 Å². The quantitative estimate of drug-likeness (QED) is 0.455. The van der Waals surface area contributed by atoms with E-state index in [2.05, 4.69) is 44.9 Å². The van der Waals surface area contributed by atoms with Crippen molar-refractivity contribution < 1.29 is 4.52 Å². The van der Waals surface area contributed by atoms with Gasteiger partial charge in [0.05, 0.1) is 23.1 Å². The van der Waals surface area contributed by atoms with E-state index in [1.54, 1.807) is 0 Å². The van der Waals surface area contributed by atoms with Crippen LogP contribution in [0.4, 0.5) is 11.5 Å². The van der Waals surface area contributed by atoms with Crippen molar-refractivity contribution in [3.8, 4) is 0 Å². The number of benzene rings is 2. The van der Waals surface area contributed by atoms with E-state index in [9.17, 15) is 0 Å². The molecule has 2 aromatic heterocycles. The largest absolute Gasteiger partial charge is 0.380 e. The Hall–Kier alpha value is -3.02. The maximum atomic E-state index is 6.03. The molecule has 4 N–H and O–H groups in total. The summed E-state index contributed by atoms with van der Waals surface area (Å²) in [4.78, 5) is 0. The van der Waals surface area contributed by atoms with E-state index in [4.69, 9.17) is 10.3 Å². The molecule has 7 rings (SSSR count). The lowest BCUT2D eigenvalue weighted by Crippen LogP contribution is -2.35. The SMILES string of the molecule is Nc1noc2ccc([C@@H]3Nc4ccc5[nH]ncc5c4[C@H]4[C@@H]5CCC(C5)[C@H]43)cc12. The van der Waals surface area contributed by atoms with Crippen LogP contribution >= 0.6 is 0 Å². The second-order valence-corrected chi connectivity index (χ2v) is 8.74. The average Bonchev–Trinajstić information content (AvgIpc) is 3.51. The molecule has 0 radical (unpaired) electrons. The zero-order chi connectivity index (χ0) is 18.4. The summed E-state index contributed by atoms with van der Waals surface area (Å²) in [6, 6.07) is 11.0. The molecule has 2 fully saturated rings. The average molecular weight is 371 g/mol. The number of H-pyrrole nitrogens is 1. The van der Waals surface area contributed by atoms with Crippen molar-refractivity contribution in [1.29, 1.82) is 0 Å². The Morgan fingerprint density at radius 2 is 2.00 bits per heavy atom. The van der Waals surface area contributed by atoms with Crippen molar-refractivity contribution in [3.05, 3.63) is 47.7 Å². The summed E-state index contributed by atoms with van der Waals surface area (Å²) in [5.41, 5.74) is 11.9. The third kappa shape index (κ3) is 1.78. The third-order valence-electron chi connectivity index (χ3n) is 7.56. The lowest BCUT2D eigenvalue weighted by molar-refractivity contribution is 0.249. The molecule has 6 nitrogen and oxygen atoms in total. The molecular formula is C22H21N5O. The molecule has 2 saturated carbocycles. The molecule has 2 bridgehead atoms. The third-order valence-corrected chi connectivity index (χ3v) is 7.56. The molecule has 0 amide bonds. The topological polar surface area (TPSA) is 92.8 Å². The molecular weight excluding hydrogens is 350 g/mol. The van der Waals surface area contributed by atoms with Gasteiger partial charge in [0.2, 0.25) is 0 Å². The van der Waals surface area contributed by atoms with Crippen molar-refractivity contribution >= 4 is 33.4 Å². The number of aromatic nitrogens is 3. The molecule has 3 heterocycles. The summed E-state index contributed by atoms with van der Waals surface area (Å²) in [6.07, 6.45) is 6.05. The van der Waals surface area contributed by atoms with Crippen LogP contribution in [-0.4, -0.2) is 15.4 Å². The number of fused-ring (bicyclic) bond motifs is 10. The van der Waals surface area contributed by atoms with Gasteiger partial charge in [0, 0.05) is 11.1 Å². The highest BCUT2D eigenvalue weighted by Crippen LogP contribution is 2.64. The van der Waals surface area contributed by atoms with Crippen LogP contribution in [0.2, 0.25) is 0 Å². The van der Waals surface area contributed by atoms with Crippen LogP contribution in [0, 0.1) is 17.8 Å². The predicted molar refractivity (Wildman–Crippen MR) is 108 cm³/mol. The van der Waals surface area contributed by atoms with Crippen molar-refractivity contribution in [1.82, 2.24) is 15.4 Å². The van der Waals surface area contributed by atoms with Crippen molar-refractivity contribution in [2.75, 3.05) is 11.1 Å². The van der Waals surface area contributed by atoms with Gasteiger partial charge < -0.3 is 15.6 Å².